The van der Waals surface area contributed by atoms with Gasteiger partial charge in [-0.1, -0.05) is 6.92 Å². The summed E-state index contributed by atoms with van der Waals surface area (Å²) >= 11 is 0. The largest absolute Gasteiger partial charge is 0.391 e. The molecule has 0 aliphatic rings. The number of carbonyl (C=O) groups is 1. The molecule has 0 saturated carbocycles. The number of hydrogen-bond donors (Lipinski definition) is 1. The molecule has 2 unspecified atom stereocenters. The highest BCUT2D eigenvalue weighted by Gasteiger charge is 2.23. The summed E-state index contributed by atoms with van der Waals surface area (Å²) < 4.78 is 0. The van der Waals surface area contributed by atoms with Gasteiger partial charge < -0.3 is 5.11 Å². The Kier molecular flexibility index (Phi) is 6.06. The lowest BCUT2D eigenvalue weighted by atomic mass is 9.99. The number of ketones is 1. The summed E-state index contributed by atoms with van der Waals surface area (Å²) in [6.45, 7) is 12.3. The van der Waals surface area contributed by atoms with E-state index in [1.54, 1.807) is 6.92 Å². The van der Waals surface area contributed by atoms with Gasteiger partial charge in [0.1, 0.15) is 5.78 Å². The minimum atomic E-state index is -0.563. The molecule has 3 nitrogen and oxygen atoms in total. The topological polar surface area (TPSA) is 40.5 Å². The normalized spacial score (nSPS) is 16.1. The Labute approximate surface area is 93.5 Å². The predicted molar refractivity (Wildman–Crippen MR) is 62.8 cm³/mol. The van der Waals surface area contributed by atoms with Crippen molar-refractivity contribution in [3.05, 3.63) is 0 Å². The van der Waals surface area contributed by atoms with E-state index < -0.39 is 6.10 Å². The van der Waals surface area contributed by atoms with Crippen molar-refractivity contribution in [3.63, 3.8) is 0 Å². The van der Waals surface area contributed by atoms with E-state index in [1.165, 1.54) is 6.92 Å². The summed E-state index contributed by atoms with van der Waals surface area (Å²) in [7, 11) is 0. The van der Waals surface area contributed by atoms with Crippen molar-refractivity contribution >= 4 is 5.78 Å². The number of aliphatic hydroxyl groups excluding tert-OH is 1. The van der Waals surface area contributed by atoms with Crippen LogP contribution in [0.25, 0.3) is 0 Å². The summed E-state index contributed by atoms with van der Waals surface area (Å²) in [4.78, 5) is 13.3. The number of nitrogens with zero attached hydrogens (tertiary/aromatic N) is 1. The standard InChI is InChI=1S/C12H25NO2/c1-8(2)13(9(3)4)7-12(15)10(5)11(6)14/h8-10,12,15H,7H2,1-6H3. The summed E-state index contributed by atoms with van der Waals surface area (Å²) in [5, 5.41) is 9.89. The van der Waals surface area contributed by atoms with Crippen molar-refractivity contribution in [1.29, 1.82) is 0 Å². The highest BCUT2D eigenvalue weighted by atomic mass is 16.3. The minimum Gasteiger partial charge on any atom is -0.391 e. The Balaban J connectivity index is 4.35. The molecule has 0 fully saturated rings. The first kappa shape index (κ1) is 14.6. The molecule has 1 N–H and O–H groups in total. The third-order valence-corrected chi connectivity index (χ3v) is 2.94. The molecule has 0 aromatic carbocycles. The molecule has 0 aliphatic heterocycles. The van der Waals surface area contributed by atoms with Gasteiger partial charge in [0.25, 0.3) is 0 Å². The van der Waals surface area contributed by atoms with Crippen LogP contribution in [0.3, 0.4) is 0 Å². The van der Waals surface area contributed by atoms with Gasteiger partial charge in [0.15, 0.2) is 0 Å². The second-order valence-corrected chi connectivity index (χ2v) is 4.85. The van der Waals surface area contributed by atoms with E-state index in [0.29, 0.717) is 18.6 Å². The summed E-state index contributed by atoms with van der Waals surface area (Å²) in [6.07, 6.45) is -0.563. The molecular weight excluding hydrogens is 190 g/mol. The van der Waals surface area contributed by atoms with E-state index in [-0.39, 0.29) is 11.7 Å². The van der Waals surface area contributed by atoms with Crippen molar-refractivity contribution in [1.82, 2.24) is 4.90 Å². The van der Waals surface area contributed by atoms with Gasteiger partial charge >= 0.3 is 0 Å². The van der Waals surface area contributed by atoms with Gasteiger partial charge in [0.2, 0.25) is 0 Å². The van der Waals surface area contributed by atoms with Crippen molar-refractivity contribution < 1.29 is 9.90 Å². The van der Waals surface area contributed by atoms with Gasteiger partial charge in [-0.2, -0.15) is 0 Å². The fourth-order valence-corrected chi connectivity index (χ4v) is 1.66. The van der Waals surface area contributed by atoms with Gasteiger partial charge in [0, 0.05) is 24.5 Å². The Morgan fingerprint density at radius 1 is 1.13 bits per heavy atom. The van der Waals surface area contributed by atoms with Gasteiger partial charge in [-0.05, 0) is 34.6 Å². The van der Waals surface area contributed by atoms with Crippen LogP contribution in [-0.2, 0) is 4.79 Å². The molecule has 2 atom stereocenters. The van der Waals surface area contributed by atoms with Crippen LogP contribution in [0.15, 0.2) is 0 Å². The monoisotopic (exact) mass is 215 g/mol. The third kappa shape index (κ3) is 4.76. The van der Waals surface area contributed by atoms with Gasteiger partial charge in [-0.3, -0.25) is 9.69 Å². The molecular formula is C12H25NO2. The van der Waals surface area contributed by atoms with Crippen LogP contribution in [0.5, 0.6) is 0 Å². The number of carbonyl (C=O) groups excluding carboxylic acids is 1. The highest BCUT2D eigenvalue weighted by molar-refractivity contribution is 5.78. The van der Waals surface area contributed by atoms with E-state index in [1.807, 2.05) is 0 Å². The van der Waals surface area contributed by atoms with Crippen LogP contribution in [-0.4, -0.2) is 40.5 Å². The Bertz CT molecular complexity index is 194. The third-order valence-electron chi connectivity index (χ3n) is 2.94. The van der Waals surface area contributed by atoms with Crippen molar-refractivity contribution in [2.45, 2.75) is 59.7 Å². The van der Waals surface area contributed by atoms with Crippen LogP contribution in [0, 0.1) is 5.92 Å². The zero-order valence-electron chi connectivity index (χ0n) is 10.8. The minimum absolute atomic E-state index is 0.0509. The van der Waals surface area contributed by atoms with Crippen LogP contribution in [0.4, 0.5) is 0 Å². The summed E-state index contributed by atoms with van der Waals surface area (Å²) in [5.74, 6) is -0.222. The lowest BCUT2D eigenvalue weighted by Crippen LogP contribution is -2.44. The molecule has 3 heteroatoms. The zero-order chi connectivity index (χ0) is 12.2. The van der Waals surface area contributed by atoms with E-state index in [4.69, 9.17) is 0 Å². The Hall–Kier alpha value is -0.410. The zero-order valence-corrected chi connectivity index (χ0v) is 10.8. The number of Topliss-reactive ketones (excluding diaryl/α,β-unsaturated/α-hetero) is 1. The molecule has 0 saturated heterocycles. The number of aliphatic hydroxyl groups is 1. The molecule has 15 heavy (non-hydrogen) atoms. The Morgan fingerprint density at radius 2 is 1.53 bits per heavy atom. The van der Waals surface area contributed by atoms with E-state index in [2.05, 4.69) is 32.6 Å². The molecule has 0 aromatic heterocycles. The fourth-order valence-electron chi connectivity index (χ4n) is 1.66. The van der Waals surface area contributed by atoms with Crippen molar-refractivity contribution in [2.75, 3.05) is 6.54 Å². The SMILES string of the molecule is CC(=O)C(C)C(O)CN(C(C)C)C(C)C. The fraction of sp³-hybridized carbons (Fsp3) is 0.917. The van der Waals surface area contributed by atoms with Crippen molar-refractivity contribution in [3.8, 4) is 0 Å². The molecule has 0 heterocycles. The molecule has 0 aromatic rings. The lowest BCUT2D eigenvalue weighted by Gasteiger charge is -2.33. The smallest absolute Gasteiger partial charge is 0.135 e. The summed E-state index contributed by atoms with van der Waals surface area (Å²) in [6, 6.07) is 0.776. The average Bonchev–Trinajstić information content (AvgIpc) is 2.11. The maximum atomic E-state index is 11.1. The number of hydrogen-bond acceptors (Lipinski definition) is 3. The maximum absolute atomic E-state index is 11.1. The molecule has 0 radical (unpaired) electrons. The highest BCUT2D eigenvalue weighted by Crippen LogP contribution is 2.11. The molecule has 0 aliphatic carbocycles. The van der Waals surface area contributed by atoms with E-state index >= 15 is 0 Å². The first-order valence-corrected chi connectivity index (χ1v) is 5.71. The van der Waals surface area contributed by atoms with E-state index in [0.717, 1.165) is 0 Å². The molecule has 0 rings (SSSR count). The first-order chi connectivity index (χ1) is 6.77. The maximum Gasteiger partial charge on any atom is 0.135 e. The molecule has 90 valence electrons. The molecule has 0 spiro atoms. The Morgan fingerprint density at radius 3 is 1.80 bits per heavy atom. The number of rotatable bonds is 6. The van der Waals surface area contributed by atoms with Gasteiger partial charge in [-0.15, -0.1) is 0 Å². The second kappa shape index (κ2) is 6.23. The van der Waals surface area contributed by atoms with Crippen LogP contribution in [0.2, 0.25) is 0 Å². The second-order valence-electron chi connectivity index (χ2n) is 4.85. The predicted octanol–water partition coefficient (Wildman–Crippen LogP) is 1.69. The van der Waals surface area contributed by atoms with E-state index in [9.17, 15) is 9.90 Å². The van der Waals surface area contributed by atoms with Crippen molar-refractivity contribution in [2.24, 2.45) is 5.92 Å². The lowest BCUT2D eigenvalue weighted by molar-refractivity contribution is -0.124. The van der Waals surface area contributed by atoms with Gasteiger partial charge in [0.05, 0.1) is 6.10 Å². The summed E-state index contributed by atoms with van der Waals surface area (Å²) in [5.41, 5.74) is 0. The van der Waals surface area contributed by atoms with Crippen LogP contribution < -0.4 is 0 Å². The quantitative estimate of drug-likeness (QED) is 0.733. The molecule has 0 amide bonds. The first-order valence-electron chi connectivity index (χ1n) is 5.71. The van der Waals surface area contributed by atoms with Gasteiger partial charge in [-0.25, -0.2) is 0 Å². The van der Waals surface area contributed by atoms with Crippen LogP contribution in [0.1, 0.15) is 41.5 Å². The molecule has 0 bridgehead atoms. The average molecular weight is 215 g/mol. The van der Waals surface area contributed by atoms with Crippen LogP contribution >= 0.6 is 0 Å².